The number of nitrogens with zero attached hydrogens (tertiary/aromatic N) is 3. The van der Waals surface area contributed by atoms with E-state index in [1.165, 1.54) is 0 Å². The number of aliphatic hydroxyl groups is 1. The van der Waals surface area contributed by atoms with Crippen molar-refractivity contribution in [2.45, 2.75) is 56.8 Å². The minimum atomic E-state index is -0.232. The molecule has 0 amide bonds. The predicted molar refractivity (Wildman–Crippen MR) is 61.4 cm³/mol. The van der Waals surface area contributed by atoms with Crippen LogP contribution in [0.15, 0.2) is 4.52 Å². The summed E-state index contributed by atoms with van der Waals surface area (Å²) >= 11 is 0. The number of nitrogens with two attached hydrogens (primary N) is 1. The van der Waals surface area contributed by atoms with Gasteiger partial charge in [-0.25, -0.2) is 0 Å². The molecule has 1 aromatic rings. The quantitative estimate of drug-likeness (QED) is 0.783. The van der Waals surface area contributed by atoms with Crippen molar-refractivity contribution in [1.82, 2.24) is 10.1 Å². The summed E-state index contributed by atoms with van der Waals surface area (Å²) < 4.78 is 5.14. The summed E-state index contributed by atoms with van der Waals surface area (Å²) in [5.41, 5.74) is 5.71. The van der Waals surface area contributed by atoms with Crippen molar-refractivity contribution in [3.05, 3.63) is 5.89 Å². The molecule has 17 heavy (non-hydrogen) atoms. The zero-order valence-corrected chi connectivity index (χ0v) is 9.91. The molecule has 2 aliphatic heterocycles. The van der Waals surface area contributed by atoms with Crippen LogP contribution in [0.4, 0.5) is 5.95 Å². The molecule has 0 saturated carbocycles. The number of hydrogen-bond acceptors (Lipinski definition) is 6. The van der Waals surface area contributed by atoms with E-state index in [-0.39, 0.29) is 12.1 Å². The van der Waals surface area contributed by atoms with Gasteiger partial charge < -0.3 is 20.3 Å². The van der Waals surface area contributed by atoms with Gasteiger partial charge in [0.05, 0.1) is 12.1 Å². The van der Waals surface area contributed by atoms with Gasteiger partial charge in [0.2, 0.25) is 5.89 Å². The molecule has 3 N–H and O–H groups in total. The van der Waals surface area contributed by atoms with Crippen LogP contribution < -0.4 is 10.6 Å². The van der Waals surface area contributed by atoms with Gasteiger partial charge in [0.15, 0.2) is 0 Å². The Bertz CT molecular complexity index is 392. The van der Waals surface area contributed by atoms with Crippen molar-refractivity contribution >= 4 is 5.95 Å². The Labute approximate surface area is 99.8 Å². The molecule has 6 heteroatoms. The average molecular weight is 238 g/mol. The molecule has 2 unspecified atom stereocenters. The molecule has 0 aliphatic carbocycles. The lowest BCUT2D eigenvalue weighted by atomic mass is 10.0. The van der Waals surface area contributed by atoms with E-state index >= 15 is 0 Å². The van der Waals surface area contributed by atoms with Gasteiger partial charge in [-0.15, -0.1) is 0 Å². The lowest BCUT2D eigenvalue weighted by molar-refractivity contribution is 0.125. The van der Waals surface area contributed by atoms with Crippen LogP contribution in [-0.2, 0) is 0 Å². The maximum absolute atomic E-state index is 9.74. The molecular formula is C11H18N4O2. The largest absolute Gasteiger partial charge is 0.393 e. The number of rotatable bonds is 2. The fourth-order valence-corrected chi connectivity index (χ4v) is 2.99. The topological polar surface area (TPSA) is 88.4 Å². The highest BCUT2D eigenvalue weighted by molar-refractivity contribution is 5.36. The Morgan fingerprint density at radius 1 is 1.41 bits per heavy atom. The number of aliphatic hydroxyl groups excluding tert-OH is 1. The van der Waals surface area contributed by atoms with Crippen LogP contribution in [0.1, 0.15) is 44.5 Å². The molecule has 0 spiro atoms. The Balaban J connectivity index is 1.84. The van der Waals surface area contributed by atoms with Gasteiger partial charge >= 0.3 is 0 Å². The van der Waals surface area contributed by atoms with Crippen molar-refractivity contribution < 1.29 is 9.63 Å². The summed E-state index contributed by atoms with van der Waals surface area (Å²) in [6.45, 7) is 1.83. The predicted octanol–water partition coefficient (Wildman–Crippen LogP) is 0.581. The molecule has 3 atom stereocenters. The SMILES string of the molecule is C[C@@H](N)c1nc(N2C3CCC2CC(O)C3)no1. The highest BCUT2D eigenvalue weighted by atomic mass is 16.5. The van der Waals surface area contributed by atoms with Crippen LogP contribution in [0.25, 0.3) is 0 Å². The van der Waals surface area contributed by atoms with Gasteiger partial charge in [-0.1, -0.05) is 0 Å². The van der Waals surface area contributed by atoms with Crippen LogP contribution in [0.2, 0.25) is 0 Å². The van der Waals surface area contributed by atoms with Gasteiger partial charge in [0.1, 0.15) is 0 Å². The van der Waals surface area contributed by atoms with Crippen molar-refractivity contribution in [1.29, 1.82) is 0 Å². The zero-order valence-electron chi connectivity index (χ0n) is 9.91. The number of aromatic nitrogens is 2. The Morgan fingerprint density at radius 3 is 2.59 bits per heavy atom. The summed E-state index contributed by atoms with van der Waals surface area (Å²) in [4.78, 5) is 6.54. The van der Waals surface area contributed by atoms with Crippen molar-refractivity contribution in [2.24, 2.45) is 5.73 Å². The normalized spacial score (nSPS) is 34.1. The van der Waals surface area contributed by atoms with Crippen LogP contribution in [-0.4, -0.2) is 33.4 Å². The molecule has 2 aliphatic rings. The number of piperidine rings is 1. The van der Waals surface area contributed by atoms with Crippen molar-refractivity contribution in [2.75, 3.05) is 4.90 Å². The Hall–Kier alpha value is -1.14. The monoisotopic (exact) mass is 238 g/mol. The molecule has 2 bridgehead atoms. The third-order valence-corrected chi connectivity index (χ3v) is 3.76. The standard InChI is InChI=1S/C11H18N4O2/c1-6(12)10-13-11(14-17-10)15-7-2-3-8(15)5-9(16)4-7/h6-9,16H,2-5,12H2,1H3/t6-,7?,8?,9?/m1/s1. The van der Waals surface area contributed by atoms with Gasteiger partial charge in [-0.2, -0.15) is 4.98 Å². The molecule has 0 aromatic carbocycles. The lowest BCUT2D eigenvalue weighted by Gasteiger charge is -2.35. The summed E-state index contributed by atoms with van der Waals surface area (Å²) in [7, 11) is 0. The van der Waals surface area contributed by atoms with Gasteiger partial charge in [0, 0.05) is 12.1 Å². The van der Waals surface area contributed by atoms with Crippen LogP contribution in [0, 0.1) is 0 Å². The molecular weight excluding hydrogens is 220 g/mol. The highest BCUT2D eigenvalue weighted by Crippen LogP contribution is 2.38. The first kappa shape index (κ1) is 11.0. The van der Waals surface area contributed by atoms with E-state index in [4.69, 9.17) is 10.3 Å². The molecule has 3 heterocycles. The molecule has 0 radical (unpaired) electrons. The molecule has 2 fully saturated rings. The molecule has 1 aromatic heterocycles. The van der Waals surface area contributed by atoms with Crippen LogP contribution >= 0.6 is 0 Å². The van der Waals surface area contributed by atoms with Crippen molar-refractivity contribution in [3.63, 3.8) is 0 Å². The smallest absolute Gasteiger partial charge is 0.266 e. The maximum Gasteiger partial charge on any atom is 0.266 e. The van der Waals surface area contributed by atoms with Crippen molar-refractivity contribution in [3.8, 4) is 0 Å². The lowest BCUT2D eigenvalue weighted by Crippen LogP contribution is -2.45. The second-order valence-corrected chi connectivity index (χ2v) is 5.14. The minimum absolute atomic E-state index is 0.177. The highest BCUT2D eigenvalue weighted by Gasteiger charge is 2.42. The molecule has 94 valence electrons. The molecule has 3 rings (SSSR count). The fourth-order valence-electron chi connectivity index (χ4n) is 2.99. The van der Waals surface area contributed by atoms with Gasteiger partial charge in [-0.3, -0.25) is 0 Å². The van der Waals surface area contributed by atoms with E-state index in [1.54, 1.807) is 0 Å². The minimum Gasteiger partial charge on any atom is -0.393 e. The number of anilines is 1. The zero-order chi connectivity index (χ0) is 12.0. The summed E-state index contributed by atoms with van der Waals surface area (Å²) in [5, 5.41) is 13.7. The van der Waals surface area contributed by atoms with Gasteiger partial charge in [-0.05, 0) is 37.8 Å². The second kappa shape index (κ2) is 3.96. The van der Waals surface area contributed by atoms with Crippen LogP contribution in [0.5, 0.6) is 0 Å². The average Bonchev–Trinajstić information content (AvgIpc) is 2.82. The first-order valence-corrected chi connectivity index (χ1v) is 6.20. The first-order chi connectivity index (χ1) is 8.15. The molecule has 6 nitrogen and oxygen atoms in total. The summed E-state index contributed by atoms with van der Waals surface area (Å²) in [5.74, 6) is 1.11. The van der Waals surface area contributed by atoms with Gasteiger partial charge in [0.25, 0.3) is 5.95 Å². The van der Waals surface area contributed by atoms with E-state index in [9.17, 15) is 5.11 Å². The Kier molecular flexibility index (Phi) is 2.56. The third-order valence-electron chi connectivity index (χ3n) is 3.76. The van der Waals surface area contributed by atoms with E-state index in [0.717, 1.165) is 25.7 Å². The number of hydrogen-bond donors (Lipinski definition) is 2. The number of fused-ring (bicyclic) bond motifs is 2. The molecule has 2 saturated heterocycles. The Morgan fingerprint density at radius 2 is 2.06 bits per heavy atom. The maximum atomic E-state index is 9.74. The second-order valence-electron chi connectivity index (χ2n) is 5.14. The summed E-state index contributed by atoms with van der Waals surface area (Å²) in [6, 6.07) is 0.467. The van der Waals surface area contributed by atoms with Crippen LogP contribution in [0.3, 0.4) is 0 Å². The van der Waals surface area contributed by atoms with E-state index in [1.807, 2.05) is 6.92 Å². The first-order valence-electron chi connectivity index (χ1n) is 6.20. The fraction of sp³-hybridized carbons (Fsp3) is 0.818. The van der Waals surface area contributed by atoms with E-state index in [0.29, 0.717) is 23.9 Å². The third kappa shape index (κ3) is 1.81. The van der Waals surface area contributed by atoms with E-state index < -0.39 is 0 Å². The summed E-state index contributed by atoms with van der Waals surface area (Å²) in [6.07, 6.45) is 3.63. The van der Waals surface area contributed by atoms with E-state index in [2.05, 4.69) is 15.0 Å².